The zero-order valence-electron chi connectivity index (χ0n) is 13.1. The first-order valence-electron chi connectivity index (χ1n) is 7.13. The van der Waals surface area contributed by atoms with Gasteiger partial charge in [-0.3, -0.25) is 4.79 Å². The van der Waals surface area contributed by atoms with Crippen molar-refractivity contribution in [1.82, 2.24) is 0 Å². The van der Waals surface area contributed by atoms with Crippen LogP contribution in [0.25, 0.3) is 6.08 Å². The SMILES string of the molecule is CCC(C)(C)C(=O)OCCOC(=O)/C=C/c1ccc(Br)cc1. The summed E-state index contributed by atoms with van der Waals surface area (Å²) in [6, 6.07) is 7.53. The van der Waals surface area contributed by atoms with E-state index in [-0.39, 0.29) is 19.2 Å². The fourth-order valence-electron chi connectivity index (χ4n) is 1.40. The molecule has 120 valence electrons. The van der Waals surface area contributed by atoms with Crippen molar-refractivity contribution in [2.45, 2.75) is 27.2 Å². The van der Waals surface area contributed by atoms with Gasteiger partial charge in [-0.1, -0.05) is 35.0 Å². The summed E-state index contributed by atoms with van der Waals surface area (Å²) < 4.78 is 11.0. The molecular formula is C17H21BrO4. The summed E-state index contributed by atoms with van der Waals surface area (Å²) in [5, 5.41) is 0. The maximum Gasteiger partial charge on any atom is 0.330 e. The molecule has 0 radical (unpaired) electrons. The monoisotopic (exact) mass is 368 g/mol. The van der Waals surface area contributed by atoms with Crippen LogP contribution in [0.1, 0.15) is 32.8 Å². The Labute approximate surface area is 139 Å². The molecule has 0 aromatic heterocycles. The van der Waals surface area contributed by atoms with Crippen LogP contribution in [0.15, 0.2) is 34.8 Å². The predicted molar refractivity (Wildman–Crippen MR) is 89.2 cm³/mol. The third kappa shape index (κ3) is 6.43. The number of ether oxygens (including phenoxy) is 2. The molecule has 1 aromatic rings. The molecular weight excluding hydrogens is 348 g/mol. The van der Waals surface area contributed by atoms with Crippen molar-refractivity contribution in [2.75, 3.05) is 13.2 Å². The van der Waals surface area contributed by atoms with Gasteiger partial charge in [0.25, 0.3) is 0 Å². The van der Waals surface area contributed by atoms with Crippen LogP contribution < -0.4 is 0 Å². The van der Waals surface area contributed by atoms with Crippen molar-refractivity contribution >= 4 is 33.9 Å². The zero-order valence-corrected chi connectivity index (χ0v) is 14.7. The topological polar surface area (TPSA) is 52.6 Å². The summed E-state index contributed by atoms with van der Waals surface area (Å²) in [5.41, 5.74) is 0.391. The van der Waals surface area contributed by atoms with Gasteiger partial charge in [0.15, 0.2) is 0 Å². The summed E-state index contributed by atoms with van der Waals surface area (Å²) in [6.07, 6.45) is 3.71. The van der Waals surface area contributed by atoms with E-state index in [1.807, 2.05) is 45.0 Å². The minimum atomic E-state index is -0.508. The third-order valence-corrected chi connectivity index (χ3v) is 3.81. The second kappa shape index (κ2) is 8.73. The summed E-state index contributed by atoms with van der Waals surface area (Å²) in [5.74, 6) is -0.745. The fraction of sp³-hybridized carbons (Fsp3) is 0.412. The van der Waals surface area contributed by atoms with E-state index in [1.54, 1.807) is 6.08 Å². The molecule has 1 aromatic carbocycles. The van der Waals surface area contributed by atoms with Gasteiger partial charge in [0.1, 0.15) is 13.2 Å². The van der Waals surface area contributed by atoms with Crippen molar-refractivity contribution in [3.05, 3.63) is 40.4 Å². The van der Waals surface area contributed by atoms with E-state index in [4.69, 9.17) is 9.47 Å². The Morgan fingerprint density at radius 2 is 1.73 bits per heavy atom. The molecule has 0 saturated carbocycles. The van der Waals surface area contributed by atoms with Crippen LogP contribution in [0.2, 0.25) is 0 Å². The van der Waals surface area contributed by atoms with Gasteiger partial charge in [0.2, 0.25) is 0 Å². The van der Waals surface area contributed by atoms with Gasteiger partial charge >= 0.3 is 11.9 Å². The summed E-state index contributed by atoms with van der Waals surface area (Å²) in [4.78, 5) is 23.2. The fourth-order valence-corrected chi connectivity index (χ4v) is 1.67. The molecule has 4 nitrogen and oxygen atoms in total. The second-order valence-corrected chi connectivity index (χ2v) is 6.34. The number of hydrogen-bond donors (Lipinski definition) is 0. The second-order valence-electron chi connectivity index (χ2n) is 5.43. The quantitative estimate of drug-likeness (QED) is 0.414. The van der Waals surface area contributed by atoms with Crippen molar-refractivity contribution in [3.63, 3.8) is 0 Å². The minimum Gasteiger partial charge on any atom is -0.462 e. The molecule has 0 unspecified atom stereocenters. The van der Waals surface area contributed by atoms with E-state index in [2.05, 4.69) is 15.9 Å². The molecule has 22 heavy (non-hydrogen) atoms. The lowest BCUT2D eigenvalue weighted by molar-refractivity contribution is -0.157. The van der Waals surface area contributed by atoms with Gasteiger partial charge in [-0.2, -0.15) is 0 Å². The first-order valence-corrected chi connectivity index (χ1v) is 7.92. The van der Waals surface area contributed by atoms with Crippen LogP contribution in [-0.4, -0.2) is 25.2 Å². The lowest BCUT2D eigenvalue weighted by Crippen LogP contribution is -2.27. The molecule has 0 amide bonds. The van der Waals surface area contributed by atoms with Crippen LogP contribution >= 0.6 is 15.9 Å². The Hall–Kier alpha value is -1.62. The number of hydrogen-bond acceptors (Lipinski definition) is 4. The van der Waals surface area contributed by atoms with Crippen LogP contribution in [-0.2, 0) is 19.1 Å². The number of carbonyl (C=O) groups is 2. The maximum atomic E-state index is 11.7. The molecule has 0 atom stereocenters. The summed E-state index contributed by atoms with van der Waals surface area (Å²) >= 11 is 3.34. The highest BCUT2D eigenvalue weighted by atomic mass is 79.9. The molecule has 0 aliphatic rings. The molecule has 1 rings (SSSR count). The molecule has 0 aliphatic heterocycles. The van der Waals surface area contributed by atoms with E-state index in [1.165, 1.54) is 6.08 Å². The number of rotatable bonds is 7. The number of halogens is 1. The Kier molecular flexibility index (Phi) is 7.32. The first kappa shape index (κ1) is 18.4. The molecule has 0 fully saturated rings. The van der Waals surface area contributed by atoms with Crippen LogP contribution in [0, 0.1) is 5.41 Å². The van der Waals surface area contributed by atoms with Gasteiger partial charge in [-0.05, 0) is 44.0 Å². The minimum absolute atomic E-state index is 0.0506. The van der Waals surface area contributed by atoms with E-state index < -0.39 is 11.4 Å². The highest BCUT2D eigenvalue weighted by Gasteiger charge is 2.26. The van der Waals surface area contributed by atoms with Gasteiger partial charge in [0.05, 0.1) is 5.41 Å². The lowest BCUT2D eigenvalue weighted by Gasteiger charge is -2.20. The average molecular weight is 369 g/mol. The molecule has 0 aliphatic carbocycles. The number of benzene rings is 1. The number of carbonyl (C=O) groups excluding carboxylic acids is 2. The highest BCUT2D eigenvalue weighted by molar-refractivity contribution is 9.10. The van der Waals surface area contributed by atoms with E-state index in [0.29, 0.717) is 6.42 Å². The Balaban J connectivity index is 2.29. The number of esters is 2. The normalized spacial score (nSPS) is 11.5. The highest BCUT2D eigenvalue weighted by Crippen LogP contribution is 2.21. The van der Waals surface area contributed by atoms with Crippen molar-refractivity contribution in [3.8, 4) is 0 Å². The molecule has 0 heterocycles. The zero-order chi connectivity index (χ0) is 16.6. The molecule has 0 N–H and O–H groups in total. The van der Waals surface area contributed by atoms with E-state index >= 15 is 0 Å². The van der Waals surface area contributed by atoms with Gasteiger partial charge in [0, 0.05) is 10.5 Å². The molecule has 5 heteroatoms. The van der Waals surface area contributed by atoms with Crippen LogP contribution in [0.4, 0.5) is 0 Å². The smallest absolute Gasteiger partial charge is 0.330 e. The Morgan fingerprint density at radius 1 is 1.14 bits per heavy atom. The Bertz CT molecular complexity index is 532. The van der Waals surface area contributed by atoms with Crippen LogP contribution in [0.5, 0.6) is 0 Å². The third-order valence-electron chi connectivity index (χ3n) is 3.28. The summed E-state index contributed by atoms with van der Waals surface area (Å²) in [7, 11) is 0. The molecule has 0 spiro atoms. The Morgan fingerprint density at radius 3 is 2.32 bits per heavy atom. The largest absolute Gasteiger partial charge is 0.462 e. The van der Waals surface area contributed by atoms with Gasteiger partial charge in [-0.15, -0.1) is 0 Å². The standard InChI is InChI=1S/C17H21BrO4/c1-4-17(2,3)16(20)22-12-11-21-15(19)10-7-13-5-8-14(18)9-6-13/h5-10H,4,11-12H2,1-3H3/b10-7+. The van der Waals surface area contributed by atoms with Crippen molar-refractivity contribution in [1.29, 1.82) is 0 Å². The molecule has 0 bridgehead atoms. The first-order chi connectivity index (χ1) is 10.3. The van der Waals surface area contributed by atoms with E-state index in [9.17, 15) is 9.59 Å². The van der Waals surface area contributed by atoms with Crippen molar-refractivity contribution in [2.24, 2.45) is 5.41 Å². The van der Waals surface area contributed by atoms with Gasteiger partial charge in [-0.25, -0.2) is 4.79 Å². The van der Waals surface area contributed by atoms with Crippen LogP contribution in [0.3, 0.4) is 0 Å². The average Bonchev–Trinajstić information content (AvgIpc) is 2.50. The molecule has 0 saturated heterocycles. The maximum absolute atomic E-state index is 11.7. The predicted octanol–water partition coefficient (Wildman–Crippen LogP) is 3.98. The van der Waals surface area contributed by atoms with Crippen molar-refractivity contribution < 1.29 is 19.1 Å². The summed E-state index contributed by atoms with van der Waals surface area (Å²) in [6.45, 7) is 5.69. The van der Waals surface area contributed by atoms with E-state index in [0.717, 1.165) is 10.0 Å². The van der Waals surface area contributed by atoms with Gasteiger partial charge < -0.3 is 9.47 Å². The lowest BCUT2D eigenvalue weighted by atomic mass is 9.91.